The average molecular weight is 375 g/mol. The maximum atomic E-state index is 13.8. The molecular formula is C19H12F3NO2S. The molecule has 7 heteroatoms. The highest BCUT2D eigenvalue weighted by Crippen LogP contribution is 2.38. The number of sulfonamides is 1. The lowest BCUT2D eigenvalue weighted by atomic mass is 10.1. The number of hydrogen-bond acceptors (Lipinski definition) is 2. The number of anilines is 1. The molecule has 3 aromatic carbocycles. The Morgan fingerprint density at radius 3 is 2.35 bits per heavy atom. The van der Waals surface area contributed by atoms with Gasteiger partial charge in [0.1, 0.15) is 4.90 Å². The summed E-state index contributed by atoms with van der Waals surface area (Å²) in [7, 11) is -4.40. The summed E-state index contributed by atoms with van der Waals surface area (Å²) in [5.74, 6) is -5.01. The lowest BCUT2D eigenvalue weighted by Crippen LogP contribution is -2.16. The molecule has 3 aromatic rings. The average Bonchev–Trinajstić information content (AvgIpc) is 2.96. The minimum atomic E-state index is -4.40. The Kier molecular flexibility index (Phi) is 3.77. The van der Waals surface area contributed by atoms with Gasteiger partial charge in [0.25, 0.3) is 10.0 Å². The predicted octanol–water partition coefficient (Wildman–Crippen LogP) is 4.48. The van der Waals surface area contributed by atoms with Gasteiger partial charge in [-0.2, -0.15) is 0 Å². The molecule has 0 radical (unpaired) electrons. The van der Waals surface area contributed by atoms with Crippen LogP contribution in [0.3, 0.4) is 0 Å². The molecule has 0 bridgehead atoms. The van der Waals surface area contributed by atoms with E-state index < -0.39 is 32.4 Å². The van der Waals surface area contributed by atoms with Crippen molar-refractivity contribution in [2.24, 2.45) is 0 Å². The van der Waals surface area contributed by atoms with E-state index in [1.54, 1.807) is 18.2 Å². The minimum Gasteiger partial charge on any atom is -0.280 e. The van der Waals surface area contributed by atoms with Crippen LogP contribution < -0.4 is 4.72 Å². The van der Waals surface area contributed by atoms with Crippen molar-refractivity contribution in [1.82, 2.24) is 0 Å². The highest BCUT2D eigenvalue weighted by atomic mass is 32.2. The van der Waals surface area contributed by atoms with Crippen molar-refractivity contribution >= 4 is 15.7 Å². The molecule has 0 aliphatic heterocycles. The van der Waals surface area contributed by atoms with Crippen molar-refractivity contribution in [3.05, 3.63) is 83.2 Å². The van der Waals surface area contributed by atoms with Crippen LogP contribution in [0.1, 0.15) is 11.1 Å². The Balaban J connectivity index is 1.68. The maximum absolute atomic E-state index is 13.8. The van der Waals surface area contributed by atoms with E-state index in [0.29, 0.717) is 18.6 Å². The molecule has 1 aliphatic carbocycles. The minimum absolute atomic E-state index is 0.223. The maximum Gasteiger partial charge on any atom is 0.264 e. The molecule has 0 unspecified atom stereocenters. The largest absolute Gasteiger partial charge is 0.280 e. The van der Waals surface area contributed by atoms with Crippen molar-refractivity contribution in [3.63, 3.8) is 0 Å². The highest BCUT2D eigenvalue weighted by Gasteiger charge is 2.25. The van der Waals surface area contributed by atoms with Gasteiger partial charge in [-0.25, -0.2) is 21.6 Å². The van der Waals surface area contributed by atoms with Crippen molar-refractivity contribution in [3.8, 4) is 11.1 Å². The standard InChI is InChI=1S/C19H12F3NO2S/c20-16-7-8-17(19(22)18(16)21)26(24,25)23-13-5-6-15-12(10-13)9-11-3-1-2-4-14(11)15/h1-8,10,23H,9H2. The lowest BCUT2D eigenvalue weighted by molar-refractivity contribution is 0.432. The zero-order valence-corrected chi connectivity index (χ0v) is 14.1. The number of benzene rings is 3. The molecule has 0 spiro atoms. The van der Waals surface area contributed by atoms with E-state index in [0.717, 1.165) is 22.3 Å². The predicted molar refractivity (Wildman–Crippen MR) is 91.8 cm³/mol. The van der Waals surface area contributed by atoms with Crippen LogP contribution in [0.25, 0.3) is 11.1 Å². The fourth-order valence-electron chi connectivity index (χ4n) is 3.13. The molecule has 3 nitrogen and oxygen atoms in total. The van der Waals surface area contributed by atoms with Crippen LogP contribution in [0.15, 0.2) is 59.5 Å². The van der Waals surface area contributed by atoms with Gasteiger partial charge in [-0.15, -0.1) is 0 Å². The summed E-state index contributed by atoms with van der Waals surface area (Å²) in [5, 5.41) is 0. The van der Waals surface area contributed by atoms with Gasteiger partial charge in [0.05, 0.1) is 0 Å². The van der Waals surface area contributed by atoms with Crippen molar-refractivity contribution < 1.29 is 21.6 Å². The van der Waals surface area contributed by atoms with Crippen molar-refractivity contribution in [2.75, 3.05) is 4.72 Å². The zero-order valence-electron chi connectivity index (χ0n) is 13.3. The van der Waals surface area contributed by atoms with Gasteiger partial charge in [-0.3, -0.25) is 4.72 Å². The molecule has 0 atom stereocenters. The first kappa shape index (κ1) is 16.7. The number of nitrogens with one attached hydrogen (secondary N) is 1. The van der Waals surface area contributed by atoms with Gasteiger partial charge in [-0.1, -0.05) is 30.3 Å². The quantitative estimate of drug-likeness (QED) is 0.537. The summed E-state index contributed by atoms with van der Waals surface area (Å²) in [5.41, 5.74) is 4.37. The number of rotatable bonds is 3. The summed E-state index contributed by atoms with van der Waals surface area (Å²) >= 11 is 0. The number of fused-ring (bicyclic) bond motifs is 3. The number of halogens is 3. The van der Waals surface area contributed by atoms with Crippen molar-refractivity contribution in [1.29, 1.82) is 0 Å². The smallest absolute Gasteiger partial charge is 0.264 e. The molecule has 0 saturated carbocycles. The molecule has 0 fully saturated rings. The fraction of sp³-hybridized carbons (Fsp3) is 0.0526. The molecule has 4 rings (SSSR count). The summed E-state index contributed by atoms with van der Waals surface area (Å²) in [4.78, 5) is -0.944. The van der Waals surface area contributed by atoms with E-state index in [9.17, 15) is 21.6 Å². The Morgan fingerprint density at radius 1 is 0.808 bits per heavy atom. The van der Waals surface area contributed by atoms with Crippen LogP contribution in [0.2, 0.25) is 0 Å². The van der Waals surface area contributed by atoms with Crippen molar-refractivity contribution in [2.45, 2.75) is 11.3 Å². The second-order valence-electron chi connectivity index (χ2n) is 5.98. The van der Waals surface area contributed by atoms with Gasteiger partial charge in [0.15, 0.2) is 17.5 Å². The Bertz CT molecular complexity index is 1140. The molecule has 0 saturated heterocycles. The van der Waals surface area contributed by atoms with Gasteiger partial charge in [-0.05, 0) is 52.9 Å². The first-order valence-electron chi connectivity index (χ1n) is 7.74. The molecular weight excluding hydrogens is 363 g/mol. The first-order valence-corrected chi connectivity index (χ1v) is 9.22. The van der Waals surface area contributed by atoms with Gasteiger partial charge >= 0.3 is 0 Å². The molecule has 0 aromatic heterocycles. The molecule has 1 N–H and O–H groups in total. The van der Waals surface area contributed by atoms with Crippen LogP contribution in [0.5, 0.6) is 0 Å². The summed E-state index contributed by atoms with van der Waals surface area (Å²) in [6, 6.07) is 14.1. The molecule has 132 valence electrons. The van der Waals surface area contributed by atoms with E-state index in [1.807, 2.05) is 24.3 Å². The van der Waals surface area contributed by atoms with E-state index in [1.165, 1.54) is 0 Å². The second-order valence-corrected chi connectivity index (χ2v) is 7.64. The summed E-state index contributed by atoms with van der Waals surface area (Å²) in [6.45, 7) is 0. The van der Waals surface area contributed by atoms with E-state index >= 15 is 0 Å². The molecule has 26 heavy (non-hydrogen) atoms. The van der Waals surface area contributed by atoms with Crippen LogP contribution in [0, 0.1) is 17.5 Å². The van der Waals surface area contributed by atoms with Gasteiger partial charge < -0.3 is 0 Å². The van der Waals surface area contributed by atoms with Gasteiger partial charge in [0, 0.05) is 5.69 Å². The summed E-state index contributed by atoms with van der Waals surface area (Å²) < 4.78 is 67.1. The normalized spacial score (nSPS) is 12.6. The van der Waals surface area contributed by atoms with Crippen LogP contribution in [-0.2, 0) is 16.4 Å². The monoisotopic (exact) mass is 375 g/mol. The molecule has 1 aliphatic rings. The van der Waals surface area contributed by atoms with Gasteiger partial charge in [0.2, 0.25) is 0 Å². The first-order chi connectivity index (χ1) is 12.4. The van der Waals surface area contributed by atoms with Crippen LogP contribution >= 0.6 is 0 Å². The SMILES string of the molecule is O=S(=O)(Nc1ccc2c(c1)Cc1ccccc1-2)c1ccc(F)c(F)c1F. The molecule has 0 heterocycles. The number of hydrogen-bond donors (Lipinski definition) is 1. The second kappa shape index (κ2) is 5.88. The Labute approximate surface area is 148 Å². The highest BCUT2D eigenvalue weighted by molar-refractivity contribution is 7.92. The third kappa shape index (κ3) is 2.64. The summed E-state index contributed by atoms with van der Waals surface area (Å²) in [6.07, 6.45) is 0.653. The fourth-order valence-corrected chi connectivity index (χ4v) is 4.25. The van der Waals surface area contributed by atoms with E-state index in [2.05, 4.69) is 4.72 Å². The van der Waals surface area contributed by atoms with E-state index in [-0.39, 0.29) is 5.69 Å². The Hall–Kier alpha value is -2.80. The topological polar surface area (TPSA) is 46.2 Å². The van der Waals surface area contributed by atoms with E-state index in [4.69, 9.17) is 0 Å². The molecule has 0 amide bonds. The third-order valence-corrected chi connectivity index (χ3v) is 5.73. The lowest BCUT2D eigenvalue weighted by Gasteiger charge is -2.11. The zero-order chi connectivity index (χ0) is 18.5. The van der Waals surface area contributed by atoms with Crippen LogP contribution in [0.4, 0.5) is 18.9 Å². The third-order valence-electron chi connectivity index (χ3n) is 4.34. The van der Waals surface area contributed by atoms with Crippen LogP contribution in [-0.4, -0.2) is 8.42 Å². The Morgan fingerprint density at radius 2 is 1.54 bits per heavy atom.